The van der Waals surface area contributed by atoms with Crippen LogP contribution in [0.4, 0.5) is 18.9 Å². The molecule has 1 aromatic rings. The van der Waals surface area contributed by atoms with Gasteiger partial charge in [-0.3, -0.25) is 4.55 Å². The lowest BCUT2D eigenvalue weighted by Gasteiger charge is -2.24. The van der Waals surface area contributed by atoms with Gasteiger partial charge >= 0.3 is 6.18 Å². The standard InChI is InChI=1S/C12H14F3NO3S2/c1-8-16(5-2-6-21(17,18)19)10-7-9(12(13,14)15)3-4-11(10)20-8/h3-4,7-8H,2,5-6H2,1H3,(H,17,18,19). The van der Waals surface area contributed by atoms with Crippen LogP contribution in [0.1, 0.15) is 18.9 Å². The third-order valence-corrected chi connectivity index (χ3v) is 5.13. The number of thioether (sulfide) groups is 1. The summed E-state index contributed by atoms with van der Waals surface area (Å²) < 4.78 is 68.4. The van der Waals surface area contributed by atoms with Gasteiger partial charge in [-0.1, -0.05) is 11.8 Å². The number of fused-ring (bicyclic) bond motifs is 1. The molecule has 0 saturated carbocycles. The number of rotatable bonds is 4. The maximum Gasteiger partial charge on any atom is 0.416 e. The van der Waals surface area contributed by atoms with E-state index in [0.717, 1.165) is 17.0 Å². The van der Waals surface area contributed by atoms with Gasteiger partial charge in [0, 0.05) is 11.4 Å². The molecule has 1 N–H and O–H groups in total. The van der Waals surface area contributed by atoms with Crippen LogP contribution in [-0.4, -0.2) is 30.6 Å². The summed E-state index contributed by atoms with van der Waals surface area (Å²) in [7, 11) is -4.06. The predicted octanol–water partition coefficient (Wildman–Crippen LogP) is 3.24. The fourth-order valence-electron chi connectivity index (χ4n) is 2.18. The van der Waals surface area contributed by atoms with Crippen LogP contribution in [0.15, 0.2) is 23.1 Å². The molecular formula is C12H14F3NO3S2. The molecule has 1 unspecified atom stereocenters. The van der Waals surface area contributed by atoms with Crippen molar-refractivity contribution in [2.45, 2.75) is 29.8 Å². The number of alkyl halides is 3. The Kier molecular flexibility index (Phi) is 4.46. The zero-order chi connectivity index (χ0) is 15.8. The van der Waals surface area contributed by atoms with Crippen molar-refractivity contribution in [2.75, 3.05) is 17.2 Å². The minimum atomic E-state index is -4.41. The van der Waals surface area contributed by atoms with E-state index in [4.69, 9.17) is 4.55 Å². The van der Waals surface area contributed by atoms with Crippen LogP contribution >= 0.6 is 11.8 Å². The van der Waals surface area contributed by atoms with Gasteiger partial charge in [0.05, 0.1) is 22.4 Å². The summed E-state index contributed by atoms with van der Waals surface area (Å²) in [6, 6.07) is 3.56. The molecule has 0 aromatic heterocycles. The highest BCUT2D eigenvalue weighted by Crippen LogP contribution is 2.45. The third kappa shape index (κ3) is 4.04. The topological polar surface area (TPSA) is 57.6 Å². The summed E-state index contributed by atoms with van der Waals surface area (Å²) in [5.74, 6) is -0.408. The molecule has 118 valence electrons. The number of nitrogens with zero attached hydrogens (tertiary/aromatic N) is 1. The molecule has 0 bridgehead atoms. The van der Waals surface area contributed by atoms with E-state index in [-0.39, 0.29) is 18.3 Å². The van der Waals surface area contributed by atoms with Crippen molar-refractivity contribution in [3.8, 4) is 0 Å². The van der Waals surface area contributed by atoms with E-state index in [1.165, 1.54) is 17.8 Å². The number of hydrogen-bond acceptors (Lipinski definition) is 4. The molecule has 1 aliphatic heterocycles. The predicted molar refractivity (Wildman–Crippen MR) is 75.1 cm³/mol. The van der Waals surface area contributed by atoms with Gasteiger partial charge in [-0.2, -0.15) is 21.6 Å². The monoisotopic (exact) mass is 341 g/mol. The molecule has 4 nitrogen and oxygen atoms in total. The maximum absolute atomic E-state index is 12.8. The average Bonchev–Trinajstić information content (AvgIpc) is 2.62. The second kappa shape index (κ2) is 5.69. The highest BCUT2D eigenvalue weighted by atomic mass is 32.2. The minimum Gasteiger partial charge on any atom is -0.359 e. The number of hydrogen-bond donors (Lipinski definition) is 1. The summed E-state index contributed by atoms with van der Waals surface area (Å²) in [5, 5.41) is -0.0788. The Labute approximate surface area is 125 Å². The number of anilines is 1. The van der Waals surface area contributed by atoms with Gasteiger partial charge in [0.15, 0.2) is 0 Å². The van der Waals surface area contributed by atoms with E-state index >= 15 is 0 Å². The van der Waals surface area contributed by atoms with Crippen LogP contribution in [-0.2, 0) is 16.3 Å². The third-order valence-electron chi connectivity index (χ3n) is 3.13. The van der Waals surface area contributed by atoms with Gasteiger partial charge in [0.25, 0.3) is 10.1 Å². The maximum atomic E-state index is 12.8. The van der Waals surface area contributed by atoms with E-state index < -0.39 is 27.6 Å². The Morgan fingerprint density at radius 1 is 1.38 bits per heavy atom. The molecule has 0 radical (unpaired) electrons. The largest absolute Gasteiger partial charge is 0.416 e. The molecule has 0 saturated heterocycles. The molecule has 1 aromatic carbocycles. The van der Waals surface area contributed by atoms with Crippen molar-refractivity contribution in [2.24, 2.45) is 0 Å². The minimum absolute atomic E-state index is 0.0788. The van der Waals surface area contributed by atoms with Crippen LogP contribution < -0.4 is 4.90 Å². The van der Waals surface area contributed by atoms with Crippen LogP contribution in [0, 0.1) is 0 Å². The first-order chi connectivity index (χ1) is 9.58. The summed E-state index contributed by atoms with van der Waals surface area (Å²) in [5.41, 5.74) is -0.270. The van der Waals surface area contributed by atoms with Gasteiger partial charge in [-0.15, -0.1) is 0 Å². The molecular weight excluding hydrogens is 327 g/mol. The Balaban J connectivity index is 2.19. The van der Waals surface area contributed by atoms with E-state index in [2.05, 4.69) is 0 Å². The normalized spacial score (nSPS) is 18.9. The van der Waals surface area contributed by atoms with Gasteiger partial charge < -0.3 is 4.90 Å². The molecule has 0 aliphatic carbocycles. The van der Waals surface area contributed by atoms with Crippen LogP contribution in [0.5, 0.6) is 0 Å². The summed E-state index contributed by atoms with van der Waals surface area (Å²) >= 11 is 1.42. The summed E-state index contributed by atoms with van der Waals surface area (Å²) in [4.78, 5) is 2.46. The van der Waals surface area contributed by atoms with Crippen molar-refractivity contribution in [1.82, 2.24) is 0 Å². The molecule has 2 rings (SSSR count). The first kappa shape index (κ1) is 16.4. The van der Waals surface area contributed by atoms with Gasteiger partial charge in [-0.05, 0) is 31.5 Å². The van der Waals surface area contributed by atoms with Crippen LogP contribution in [0.25, 0.3) is 0 Å². The molecule has 0 amide bonds. The van der Waals surface area contributed by atoms with E-state index in [9.17, 15) is 21.6 Å². The fraction of sp³-hybridized carbons (Fsp3) is 0.500. The molecule has 1 atom stereocenters. The second-order valence-electron chi connectivity index (χ2n) is 4.73. The number of benzene rings is 1. The highest BCUT2D eigenvalue weighted by molar-refractivity contribution is 8.00. The molecule has 0 spiro atoms. The van der Waals surface area contributed by atoms with Crippen molar-refractivity contribution in [1.29, 1.82) is 0 Å². The smallest absolute Gasteiger partial charge is 0.359 e. The Bertz CT molecular complexity index is 631. The molecule has 21 heavy (non-hydrogen) atoms. The summed E-state index contributed by atoms with van der Waals surface area (Å²) in [6.07, 6.45) is -4.26. The van der Waals surface area contributed by atoms with E-state index in [0.29, 0.717) is 5.69 Å². The molecule has 9 heteroatoms. The van der Waals surface area contributed by atoms with Gasteiger partial charge in [0.1, 0.15) is 0 Å². The van der Waals surface area contributed by atoms with E-state index in [1.54, 1.807) is 4.90 Å². The first-order valence-corrected chi connectivity index (χ1v) is 8.66. The second-order valence-corrected chi connectivity index (χ2v) is 7.66. The van der Waals surface area contributed by atoms with Crippen molar-refractivity contribution in [3.63, 3.8) is 0 Å². The Hall–Kier alpha value is -0.930. The quantitative estimate of drug-likeness (QED) is 0.852. The lowest BCUT2D eigenvalue weighted by molar-refractivity contribution is -0.137. The fourth-order valence-corrected chi connectivity index (χ4v) is 3.83. The van der Waals surface area contributed by atoms with Gasteiger partial charge in [-0.25, -0.2) is 0 Å². The Morgan fingerprint density at radius 3 is 2.62 bits per heavy atom. The van der Waals surface area contributed by atoms with Crippen LogP contribution in [0.3, 0.4) is 0 Å². The van der Waals surface area contributed by atoms with Gasteiger partial charge in [0.2, 0.25) is 0 Å². The summed E-state index contributed by atoms with van der Waals surface area (Å²) in [6.45, 7) is 2.10. The van der Waals surface area contributed by atoms with E-state index in [1.807, 2.05) is 6.92 Å². The number of halogens is 3. The average molecular weight is 341 g/mol. The lowest BCUT2D eigenvalue weighted by Crippen LogP contribution is -2.29. The van der Waals surface area contributed by atoms with Crippen molar-refractivity contribution in [3.05, 3.63) is 23.8 Å². The molecule has 1 aliphatic rings. The molecule has 0 fully saturated rings. The van der Waals surface area contributed by atoms with Crippen molar-refractivity contribution < 1.29 is 26.1 Å². The SMILES string of the molecule is CC1Sc2ccc(C(F)(F)F)cc2N1CCCS(=O)(=O)O. The zero-order valence-electron chi connectivity index (χ0n) is 11.1. The van der Waals surface area contributed by atoms with Crippen LogP contribution in [0.2, 0.25) is 0 Å². The van der Waals surface area contributed by atoms with Crippen molar-refractivity contribution >= 4 is 27.6 Å². The Morgan fingerprint density at radius 2 is 2.05 bits per heavy atom. The lowest BCUT2D eigenvalue weighted by atomic mass is 10.1. The zero-order valence-corrected chi connectivity index (χ0v) is 12.7. The first-order valence-electron chi connectivity index (χ1n) is 6.17. The highest BCUT2D eigenvalue weighted by Gasteiger charge is 2.34. The molecule has 1 heterocycles.